The van der Waals surface area contributed by atoms with Crippen LogP contribution in [0.25, 0.3) is 0 Å². The van der Waals surface area contributed by atoms with Crippen LogP contribution in [0.1, 0.15) is 88.5 Å². The molecule has 0 unspecified atom stereocenters. The van der Waals surface area contributed by atoms with Gasteiger partial charge in [-0.05, 0) is 84.9 Å². The summed E-state index contributed by atoms with van der Waals surface area (Å²) in [6, 6.07) is 19.6. The van der Waals surface area contributed by atoms with Gasteiger partial charge in [0, 0.05) is 53.5 Å². The summed E-state index contributed by atoms with van der Waals surface area (Å²) in [5.74, 6) is -0.245. The number of hydrogen-bond donors (Lipinski definition) is 1. The van der Waals surface area contributed by atoms with E-state index >= 15 is 0 Å². The predicted octanol–water partition coefficient (Wildman–Crippen LogP) is 9.26. The first-order valence-corrected chi connectivity index (χ1v) is 17.8. The maximum atomic E-state index is 14.3. The SMILES string of the molecule is CCOc1cc(C2C3=C(CC(C)(C)CC3=O)N(Cc3ccccc3)C3=C2C(=O)CC(C)(C)C3)cc(Cl)c1OCC(=O)Nc1cccc(C)c1C. The lowest BCUT2D eigenvalue weighted by Gasteiger charge is -2.49. The van der Waals surface area contributed by atoms with Gasteiger partial charge in [0.25, 0.3) is 5.91 Å². The summed E-state index contributed by atoms with van der Waals surface area (Å²) >= 11 is 6.98. The van der Waals surface area contributed by atoms with Crippen molar-refractivity contribution in [1.29, 1.82) is 0 Å². The Bertz CT molecular complexity index is 1870. The fraction of sp³-hybridized carbons (Fsp3) is 0.405. The van der Waals surface area contributed by atoms with Crippen molar-refractivity contribution in [1.82, 2.24) is 4.90 Å². The van der Waals surface area contributed by atoms with Crippen molar-refractivity contribution in [3.05, 3.63) is 110 Å². The van der Waals surface area contributed by atoms with E-state index in [2.05, 4.69) is 50.0 Å². The molecule has 3 aromatic rings. The van der Waals surface area contributed by atoms with Crippen molar-refractivity contribution in [2.45, 2.75) is 86.6 Å². The van der Waals surface area contributed by atoms with Gasteiger partial charge in [-0.2, -0.15) is 0 Å². The first-order chi connectivity index (χ1) is 23.7. The van der Waals surface area contributed by atoms with Gasteiger partial charge in [0.2, 0.25) is 0 Å². The Balaban J connectivity index is 1.43. The number of ether oxygens (including phenoxy) is 2. The molecular weight excluding hydrogens is 648 g/mol. The van der Waals surface area contributed by atoms with Crippen LogP contribution in [0.3, 0.4) is 0 Å². The lowest BCUT2D eigenvalue weighted by atomic mass is 9.63. The average molecular weight is 695 g/mol. The van der Waals surface area contributed by atoms with Gasteiger partial charge in [-0.15, -0.1) is 0 Å². The molecule has 8 heteroatoms. The number of nitrogens with one attached hydrogen (secondary N) is 1. The second-order valence-electron chi connectivity index (χ2n) is 15.5. The van der Waals surface area contributed by atoms with Crippen LogP contribution in [0.15, 0.2) is 83.2 Å². The second-order valence-corrected chi connectivity index (χ2v) is 15.9. The standard InChI is InChI=1S/C42H47ClN2O5/c1-8-49-35-18-28(17-29(43)40(35)50-24-36(48)44-30-16-12-13-25(2)26(30)3)37-38-31(19-41(4,5)21-33(38)46)45(23-27-14-10-9-11-15-27)32-20-42(6,7)22-34(47)39(32)37/h9-18,37H,8,19-24H2,1-7H3,(H,44,48). The van der Waals surface area contributed by atoms with Crippen LogP contribution in [0.4, 0.5) is 5.69 Å². The summed E-state index contributed by atoms with van der Waals surface area (Å²) in [6.45, 7) is 15.0. The third kappa shape index (κ3) is 7.11. The number of carbonyl (C=O) groups is 3. The van der Waals surface area contributed by atoms with Gasteiger partial charge in [0.05, 0.1) is 11.6 Å². The molecule has 7 nitrogen and oxygen atoms in total. The number of anilines is 1. The normalized spacial score (nSPS) is 18.5. The van der Waals surface area contributed by atoms with Gasteiger partial charge >= 0.3 is 0 Å². The van der Waals surface area contributed by atoms with E-state index in [1.807, 2.05) is 63.2 Å². The number of amides is 1. The molecule has 1 heterocycles. The molecule has 1 N–H and O–H groups in total. The zero-order valence-corrected chi connectivity index (χ0v) is 30.9. The highest BCUT2D eigenvalue weighted by molar-refractivity contribution is 6.32. The molecular formula is C42H47ClN2O5. The van der Waals surface area contributed by atoms with Gasteiger partial charge in [-0.25, -0.2) is 0 Å². The number of hydrogen-bond acceptors (Lipinski definition) is 6. The molecule has 0 fully saturated rings. The number of carbonyl (C=O) groups excluding carboxylic acids is 3. The summed E-state index contributed by atoms with van der Waals surface area (Å²) in [4.78, 5) is 43.9. The number of halogens is 1. The van der Waals surface area contributed by atoms with Crippen LogP contribution in [-0.4, -0.2) is 35.6 Å². The van der Waals surface area contributed by atoms with E-state index in [9.17, 15) is 14.4 Å². The van der Waals surface area contributed by atoms with E-state index in [1.54, 1.807) is 6.07 Å². The first kappa shape index (κ1) is 35.5. The van der Waals surface area contributed by atoms with Crippen molar-refractivity contribution in [3.8, 4) is 11.5 Å². The third-order valence-electron chi connectivity index (χ3n) is 10.1. The van der Waals surface area contributed by atoms with Crippen molar-refractivity contribution >= 4 is 34.8 Å². The van der Waals surface area contributed by atoms with Crippen molar-refractivity contribution in [2.75, 3.05) is 18.5 Å². The fourth-order valence-corrected chi connectivity index (χ4v) is 7.98. The van der Waals surface area contributed by atoms with Gasteiger partial charge in [0.1, 0.15) is 0 Å². The molecule has 2 aliphatic carbocycles. The molecule has 262 valence electrons. The molecule has 0 atom stereocenters. The Morgan fingerprint density at radius 1 is 0.860 bits per heavy atom. The number of Topliss-reactive ketones (excluding diaryl/α,β-unsaturated/α-hetero) is 2. The quantitative estimate of drug-likeness (QED) is 0.240. The van der Waals surface area contributed by atoms with Crippen LogP contribution < -0.4 is 14.8 Å². The molecule has 6 rings (SSSR count). The number of nitrogens with zero attached hydrogens (tertiary/aromatic N) is 1. The van der Waals surface area contributed by atoms with Crippen molar-refractivity contribution in [3.63, 3.8) is 0 Å². The third-order valence-corrected chi connectivity index (χ3v) is 10.4. The van der Waals surface area contributed by atoms with Gasteiger partial charge in [-0.1, -0.05) is 81.8 Å². The van der Waals surface area contributed by atoms with Gasteiger partial charge in [0.15, 0.2) is 29.7 Å². The molecule has 1 amide bonds. The molecule has 0 aromatic heterocycles. The smallest absolute Gasteiger partial charge is 0.262 e. The van der Waals surface area contributed by atoms with E-state index < -0.39 is 5.92 Å². The summed E-state index contributed by atoms with van der Waals surface area (Å²) in [5, 5.41) is 3.17. The Morgan fingerprint density at radius 3 is 2.08 bits per heavy atom. The second kappa shape index (κ2) is 13.7. The Hall–Kier alpha value is -4.36. The predicted molar refractivity (Wildman–Crippen MR) is 197 cm³/mol. The largest absolute Gasteiger partial charge is 0.490 e. The zero-order valence-electron chi connectivity index (χ0n) is 30.2. The van der Waals surface area contributed by atoms with Crippen LogP contribution in [0.2, 0.25) is 5.02 Å². The molecule has 0 saturated carbocycles. The number of aryl methyl sites for hydroxylation is 1. The minimum absolute atomic E-state index is 0.0426. The highest BCUT2D eigenvalue weighted by Gasteiger charge is 2.49. The summed E-state index contributed by atoms with van der Waals surface area (Å²) in [6.07, 6.45) is 2.16. The van der Waals surface area contributed by atoms with Crippen molar-refractivity contribution in [2.24, 2.45) is 10.8 Å². The molecule has 0 spiro atoms. The van der Waals surface area contributed by atoms with Gasteiger partial charge in [-0.3, -0.25) is 14.4 Å². The van der Waals surface area contributed by atoms with E-state index in [4.69, 9.17) is 21.1 Å². The molecule has 50 heavy (non-hydrogen) atoms. The Kier molecular flexibility index (Phi) is 9.75. The average Bonchev–Trinajstić information content (AvgIpc) is 3.03. The maximum Gasteiger partial charge on any atom is 0.262 e. The van der Waals surface area contributed by atoms with E-state index in [0.29, 0.717) is 61.3 Å². The molecule has 0 saturated heterocycles. The van der Waals surface area contributed by atoms with Crippen LogP contribution in [0, 0.1) is 24.7 Å². The maximum absolute atomic E-state index is 14.3. The number of ketones is 2. The summed E-state index contributed by atoms with van der Waals surface area (Å²) in [5.41, 5.74) is 7.36. The van der Waals surface area contributed by atoms with Crippen LogP contribution in [-0.2, 0) is 20.9 Å². The molecule has 0 radical (unpaired) electrons. The van der Waals surface area contributed by atoms with E-state index in [-0.39, 0.29) is 45.7 Å². The minimum atomic E-state index is -0.599. The highest BCUT2D eigenvalue weighted by Crippen LogP contribution is 2.56. The van der Waals surface area contributed by atoms with E-state index in [0.717, 1.165) is 33.8 Å². The molecule has 3 aliphatic rings. The summed E-state index contributed by atoms with van der Waals surface area (Å²) < 4.78 is 12.1. The highest BCUT2D eigenvalue weighted by atomic mass is 35.5. The van der Waals surface area contributed by atoms with E-state index in [1.165, 1.54) is 0 Å². The van der Waals surface area contributed by atoms with Gasteiger partial charge < -0.3 is 19.7 Å². The number of allylic oxidation sites excluding steroid dienone is 4. The van der Waals surface area contributed by atoms with Crippen molar-refractivity contribution < 1.29 is 23.9 Å². The minimum Gasteiger partial charge on any atom is -0.490 e. The Morgan fingerprint density at radius 2 is 1.48 bits per heavy atom. The molecule has 0 bridgehead atoms. The first-order valence-electron chi connectivity index (χ1n) is 17.5. The van der Waals surface area contributed by atoms with Crippen LogP contribution >= 0.6 is 11.6 Å². The lowest BCUT2D eigenvalue weighted by Crippen LogP contribution is -2.44. The zero-order chi connectivity index (χ0) is 36.0. The molecule has 1 aliphatic heterocycles. The lowest BCUT2D eigenvalue weighted by molar-refractivity contribution is -0.120. The topological polar surface area (TPSA) is 84.9 Å². The fourth-order valence-electron chi connectivity index (χ4n) is 7.71. The summed E-state index contributed by atoms with van der Waals surface area (Å²) in [7, 11) is 0. The molecule has 3 aromatic carbocycles. The monoisotopic (exact) mass is 694 g/mol. The Labute approximate surface area is 300 Å². The van der Waals surface area contributed by atoms with Crippen LogP contribution in [0.5, 0.6) is 11.5 Å². The number of benzene rings is 3. The number of rotatable bonds is 9.